The van der Waals surface area contributed by atoms with Gasteiger partial charge in [-0.05, 0) is 63.5 Å². The molecule has 0 bridgehead atoms. The summed E-state index contributed by atoms with van der Waals surface area (Å²) in [6.45, 7) is 2.44. The van der Waals surface area contributed by atoms with E-state index in [0.717, 1.165) is 16.8 Å². The highest BCUT2D eigenvalue weighted by atomic mass is 79.9. The Balaban J connectivity index is 1.86. The van der Waals surface area contributed by atoms with Gasteiger partial charge in [0.25, 0.3) is 0 Å². The van der Waals surface area contributed by atoms with Crippen LogP contribution in [0.15, 0.2) is 22.7 Å². The molecule has 0 amide bonds. The number of hydrogen-bond donors (Lipinski definition) is 0. The number of aryl methyl sites for hydroxylation is 1. The topological polar surface area (TPSA) is 21.1 Å². The Labute approximate surface area is 122 Å². The van der Waals surface area contributed by atoms with Gasteiger partial charge in [-0.3, -0.25) is 4.68 Å². The van der Waals surface area contributed by atoms with Crippen LogP contribution in [0.25, 0.3) is 10.9 Å². The first-order chi connectivity index (χ1) is 9.13. The van der Waals surface area contributed by atoms with Crippen LogP contribution in [0.1, 0.15) is 18.5 Å². The van der Waals surface area contributed by atoms with Crippen molar-refractivity contribution in [1.82, 2.24) is 14.7 Å². The third-order valence-electron chi connectivity index (χ3n) is 4.21. The highest BCUT2D eigenvalue weighted by Gasteiger charge is 2.19. The molecule has 1 aliphatic rings. The number of likely N-dealkylation sites (tertiary alicyclic amines) is 1. The van der Waals surface area contributed by atoms with Crippen LogP contribution in [0.5, 0.6) is 0 Å². The zero-order chi connectivity index (χ0) is 13.4. The molecule has 0 aliphatic carbocycles. The number of piperidine rings is 1. The van der Waals surface area contributed by atoms with Gasteiger partial charge in [0.2, 0.25) is 0 Å². The molecule has 0 radical (unpaired) electrons. The van der Waals surface area contributed by atoms with Gasteiger partial charge in [-0.15, -0.1) is 0 Å². The number of benzene rings is 1. The molecule has 0 N–H and O–H groups in total. The summed E-state index contributed by atoms with van der Waals surface area (Å²) < 4.78 is 3.14. The molecule has 1 fully saturated rings. The lowest BCUT2D eigenvalue weighted by molar-refractivity contribution is 0.218. The van der Waals surface area contributed by atoms with E-state index in [-0.39, 0.29) is 0 Å². The third kappa shape index (κ3) is 2.70. The fourth-order valence-corrected chi connectivity index (χ4v) is 3.36. The highest BCUT2D eigenvalue weighted by molar-refractivity contribution is 9.10. The van der Waals surface area contributed by atoms with E-state index in [1.807, 2.05) is 11.7 Å². The molecule has 3 nitrogen and oxygen atoms in total. The zero-order valence-electron chi connectivity index (χ0n) is 11.6. The second-order valence-corrected chi connectivity index (χ2v) is 6.60. The van der Waals surface area contributed by atoms with Crippen molar-refractivity contribution >= 4 is 26.8 Å². The van der Waals surface area contributed by atoms with Crippen LogP contribution >= 0.6 is 15.9 Å². The Hall–Kier alpha value is -0.870. The molecule has 2 heterocycles. The van der Waals surface area contributed by atoms with Crippen LogP contribution in [-0.2, 0) is 13.5 Å². The smallest absolute Gasteiger partial charge is 0.0706 e. The fraction of sp³-hybridized carbons (Fsp3) is 0.533. The predicted octanol–water partition coefficient (Wildman–Crippen LogP) is 3.22. The summed E-state index contributed by atoms with van der Waals surface area (Å²) in [4.78, 5) is 2.42. The predicted molar refractivity (Wildman–Crippen MR) is 82.3 cm³/mol. The lowest BCUT2D eigenvalue weighted by Gasteiger charge is -2.28. The number of aromatic nitrogens is 2. The molecular formula is C15H20BrN3. The Morgan fingerprint density at radius 3 is 2.74 bits per heavy atom. The minimum atomic E-state index is 0.785. The minimum Gasteiger partial charge on any atom is -0.306 e. The van der Waals surface area contributed by atoms with Crippen LogP contribution in [0.3, 0.4) is 0 Å². The van der Waals surface area contributed by atoms with E-state index in [0.29, 0.717) is 0 Å². The van der Waals surface area contributed by atoms with Crippen LogP contribution in [0.2, 0.25) is 0 Å². The van der Waals surface area contributed by atoms with Crippen LogP contribution in [0.4, 0.5) is 0 Å². The first-order valence-corrected chi connectivity index (χ1v) is 7.72. The van der Waals surface area contributed by atoms with Gasteiger partial charge in [0.15, 0.2) is 0 Å². The molecule has 3 rings (SSSR count). The van der Waals surface area contributed by atoms with Crippen LogP contribution in [-0.4, -0.2) is 34.8 Å². The standard InChI is InChI=1S/C15H20BrN3/c1-18-7-5-11(6-8-18)9-14-13-10-12(16)3-4-15(13)19(2)17-14/h3-4,10-11H,5-9H2,1-2H3. The minimum absolute atomic E-state index is 0.785. The van der Waals surface area contributed by atoms with Gasteiger partial charge in [0.1, 0.15) is 0 Å². The Morgan fingerprint density at radius 1 is 1.26 bits per heavy atom. The van der Waals surface area contributed by atoms with E-state index in [9.17, 15) is 0 Å². The molecular weight excluding hydrogens is 302 g/mol. The van der Waals surface area contributed by atoms with E-state index in [2.05, 4.69) is 46.1 Å². The molecule has 0 spiro atoms. The Bertz CT molecular complexity index is 582. The van der Waals surface area contributed by atoms with Gasteiger partial charge < -0.3 is 4.90 Å². The van der Waals surface area contributed by atoms with Crippen molar-refractivity contribution in [2.45, 2.75) is 19.3 Å². The third-order valence-corrected chi connectivity index (χ3v) is 4.70. The SMILES string of the molecule is CN1CCC(Cc2nn(C)c3ccc(Br)cc23)CC1. The monoisotopic (exact) mass is 321 g/mol. The lowest BCUT2D eigenvalue weighted by atomic mass is 9.91. The van der Waals surface area contributed by atoms with Gasteiger partial charge in [-0.1, -0.05) is 15.9 Å². The van der Waals surface area contributed by atoms with Gasteiger partial charge in [0.05, 0.1) is 11.2 Å². The van der Waals surface area contributed by atoms with Crippen molar-refractivity contribution in [1.29, 1.82) is 0 Å². The molecule has 1 saturated heterocycles. The lowest BCUT2D eigenvalue weighted by Crippen LogP contribution is -2.31. The number of halogens is 1. The maximum Gasteiger partial charge on any atom is 0.0706 e. The molecule has 1 aromatic carbocycles. The average molecular weight is 322 g/mol. The van der Waals surface area contributed by atoms with Crippen molar-refractivity contribution in [2.75, 3.05) is 20.1 Å². The van der Waals surface area contributed by atoms with Crippen LogP contribution < -0.4 is 0 Å². The maximum absolute atomic E-state index is 4.73. The number of fused-ring (bicyclic) bond motifs is 1. The van der Waals surface area contributed by atoms with E-state index < -0.39 is 0 Å². The zero-order valence-corrected chi connectivity index (χ0v) is 13.2. The van der Waals surface area contributed by atoms with E-state index >= 15 is 0 Å². The molecule has 2 aromatic rings. The van der Waals surface area contributed by atoms with Crippen molar-refractivity contribution in [2.24, 2.45) is 13.0 Å². The van der Waals surface area contributed by atoms with E-state index in [1.165, 1.54) is 42.5 Å². The summed E-state index contributed by atoms with van der Waals surface area (Å²) in [6.07, 6.45) is 3.70. The Morgan fingerprint density at radius 2 is 2.00 bits per heavy atom. The number of rotatable bonds is 2. The molecule has 4 heteroatoms. The summed E-state index contributed by atoms with van der Waals surface area (Å²) in [5.41, 5.74) is 2.49. The molecule has 0 unspecified atom stereocenters. The van der Waals surface area contributed by atoms with Crippen molar-refractivity contribution in [3.63, 3.8) is 0 Å². The molecule has 1 aromatic heterocycles. The first-order valence-electron chi connectivity index (χ1n) is 6.93. The van der Waals surface area contributed by atoms with Gasteiger partial charge in [-0.25, -0.2) is 0 Å². The quantitative estimate of drug-likeness (QED) is 0.846. The summed E-state index contributed by atoms with van der Waals surface area (Å²) >= 11 is 3.57. The van der Waals surface area contributed by atoms with Crippen molar-refractivity contribution in [3.05, 3.63) is 28.4 Å². The summed E-state index contributed by atoms with van der Waals surface area (Å²) in [5, 5.41) is 6.03. The van der Waals surface area contributed by atoms with Crippen molar-refractivity contribution in [3.8, 4) is 0 Å². The molecule has 0 atom stereocenters. The van der Waals surface area contributed by atoms with E-state index in [1.54, 1.807) is 0 Å². The first kappa shape index (κ1) is 13.1. The summed E-state index contributed by atoms with van der Waals surface area (Å²) in [5.74, 6) is 0.785. The van der Waals surface area contributed by atoms with Gasteiger partial charge >= 0.3 is 0 Å². The molecule has 1 aliphatic heterocycles. The summed E-state index contributed by atoms with van der Waals surface area (Å²) in [6, 6.07) is 6.43. The normalized spacial score (nSPS) is 18.3. The van der Waals surface area contributed by atoms with E-state index in [4.69, 9.17) is 5.10 Å². The molecule has 19 heavy (non-hydrogen) atoms. The number of nitrogens with zero attached hydrogens (tertiary/aromatic N) is 3. The van der Waals surface area contributed by atoms with Gasteiger partial charge in [0, 0.05) is 16.9 Å². The fourth-order valence-electron chi connectivity index (χ4n) is 3.00. The highest BCUT2D eigenvalue weighted by Crippen LogP contribution is 2.27. The van der Waals surface area contributed by atoms with Crippen LogP contribution in [0, 0.1) is 5.92 Å². The average Bonchev–Trinajstić information content (AvgIpc) is 2.69. The molecule has 102 valence electrons. The second-order valence-electron chi connectivity index (χ2n) is 5.68. The largest absolute Gasteiger partial charge is 0.306 e. The Kier molecular flexibility index (Phi) is 3.63. The maximum atomic E-state index is 4.73. The molecule has 0 saturated carbocycles. The van der Waals surface area contributed by atoms with Crippen molar-refractivity contribution < 1.29 is 0 Å². The van der Waals surface area contributed by atoms with Gasteiger partial charge in [-0.2, -0.15) is 5.10 Å². The second kappa shape index (κ2) is 5.25. The number of hydrogen-bond acceptors (Lipinski definition) is 2. The summed E-state index contributed by atoms with van der Waals surface area (Å²) in [7, 11) is 4.25.